The molecule has 1 aliphatic carbocycles. The molecule has 0 atom stereocenters. The van der Waals surface area contributed by atoms with E-state index < -0.39 is 0 Å². The highest BCUT2D eigenvalue weighted by Gasteiger charge is 2.38. The Balaban J connectivity index is 1.40. The fourth-order valence-corrected chi connectivity index (χ4v) is 6.31. The summed E-state index contributed by atoms with van der Waals surface area (Å²) in [6.07, 6.45) is 7.42. The van der Waals surface area contributed by atoms with E-state index in [1.54, 1.807) is 12.1 Å². The molecule has 0 radical (unpaired) electrons. The van der Waals surface area contributed by atoms with Crippen molar-refractivity contribution in [3.8, 4) is 11.5 Å². The number of carbonyl (C=O) groups excluding carboxylic acids is 1. The second kappa shape index (κ2) is 12.9. The Kier molecular flexibility index (Phi) is 9.17. The van der Waals surface area contributed by atoms with Crippen molar-refractivity contribution in [2.45, 2.75) is 51.7 Å². The van der Waals surface area contributed by atoms with E-state index in [2.05, 4.69) is 0 Å². The molecule has 3 aromatic rings. The summed E-state index contributed by atoms with van der Waals surface area (Å²) in [5.74, 6) is 1.22. The lowest BCUT2D eigenvalue weighted by Crippen LogP contribution is -2.40. The van der Waals surface area contributed by atoms with Gasteiger partial charge in [-0.3, -0.25) is 9.69 Å². The van der Waals surface area contributed by atoms with Crippen LogP contribution >= 0.6 is 35.0 Å². The third kappa shape index (κ3) is 6.81. The number of amides is 1. The number of carbonyl (C=O) groups is 1. The van der Waals surface area contributed by atoms with Crippen LogP contribution in [0.3, 0.4) is 0 Å². The Morgan fingerprint density at radius 2 is 1.77 bits per heavy atom. The summed E-state index contributed by atoms with van der Waals surface area (Å²) in [5, 5.41) is 1.87. The van der Waals surface area contributed by atoms with Crippen LogP contribution in [0.2, 0.25) is 10.0 Å². The molecular formula is C31H30Cl2N2O3S. The van der Waals surface area contributed by atoms with E-state index in [-0.39, 0.29) is 18.6 Å². The normalized spacial score (nSPS) is 18.2. The lowest BCUT2D eigenvalue weighted by molar-refractivity contribution is -0.124. The molecule has 0 aromatic heterocycles. The van der Waals surface area contributed by atoms with Crippen molar-refractivity contribution in [3.63, 3.8) is 0 Å². The van der Waals surface area contributed by atoms with E-state index in [1.807, 2.05) is 72.5 Å². The van der Waals surface area contributed by atoms with E-state index in [1.165, 1.54) is 18.2 Å². The number of nitrogens with zero attached hydrogens (tertiary/aromatic N) is 2. The molecular weight excluding hydrogens is 551 g/mol. The van der Waals surface area contributed by atoms with Crippen molar-refractivity contribution in [2.24, 2.45) is 4.99 Å². The molecule has 1 saturated carbocycles. The van der Waals surface area contributed by atoms with Crippen molar-refractivity contribution in [2.75, 3.05) is 6.61 Å². The van der Waals surface area contributed by atoms with Crippen LogP contribution in [0, 0.1) is 0 Å². The molecule has 2 aliphatic rings. The number of rotatable bonds is 8. The third-order valence-corrected chi connectivity index (χ3v) is 8.29. The predicted octanol–water partition coefficient (Wildman–Crippen LogP) is 8.91. The van der Waals surface area contributed by atoms with Gasteiger partial charge in [-0.05, 0) is 79.6 Å². The van der Waals surface area contributed by atoms with E-state index in [4.69, 9.17) is 37.7 Å². The van der Waals surface area contributed by atoms with E-state index >= 15 is 0 Å². The number of hydrogen-bond acceptors (Lipinski definition) is 5. The lowest BCUT2D eigenvalue weighted by atomic mass is 9.94. The number of benzene rings is 3. The monoisotopic (exact) mass is 580 g/mol. The summed E-state index contributed by atoms with van der Waals surface area (Å²) in [6.45, 7) is 2.69. The van der Waals surface area contributed by atoms with Gasteiger partial charge in [-0.25, -0.2) is 4.99 Å². The average molecular weight is 582 g/mol. The standard InChI is InChI=1S/C31H30Cl2N2O3S/c1-2-37-28-17-21(13-16-27(28)38-20-22-14-15-23(32)19-26(22)33)18-29-30(36)35(25-11-7-4-8-12-25)31(39-29)34-24-9-5-3-6-10-24/h3,5-6,9-10,13-19,25H,2,4,7-8,11-12,20H2,1H3/b29-18-,34-31?. The Morgan fingerprint density at radius 3 is 2.51 bits per heavy atom. The Morgan fingerprint density at radius 1 is 0.974 bits per heavy atom. The van der Waals surface area contributed by atoms with Gasteiger partial charge in [0.05, 0.1) is 17.2 Å². The minimum Gasteiger partial charge on any atom is -0.490 e. The van der Waals surface area contributed by atoms with E-state index in [0.29, 0.717) is 33.1 Å². The molecule has 1 aliphatic heterocycles. The number of hydrogen-bond donors (Lipinski definition) is 0. The Hall–Kier alpha value is -2.93. The zero-order valence-electron chi connectivity index (χ0n) is 21.7. The molecule has 0 bridgehead atoms. The van der Waals surface area contributed by atoms with Crippen LogP contribution in [-0.4, -0.2) is 28.6 Å². The molecule has 5 rings (SSSR count). The maximum Gasteiger partial charge on any atom is 0.267 e. The van der Waals surface area contributed by atoms with Crippen molar-refractivity contribution in [1.82, 2.24) is 4.90 Å². The van der Waals surface area contributed by atoms with E-state index in [0.717, 1.165) is 47.7 Å². The fourth-order valence-electron chi connectivity index (χ4n) is 4.79. The molecule has 0 N–H and O–H groups in total. The lowest BCUT2D eigenvalue weighted by Gasteiger charge is -2.30. The maximum absolute atomic E-state index is 13.7. The molecule has 5 nitrogen and oxygen atoms in total. The molecule has 0 unspecified atom stereocenters. The van der Waals surface area contributed by atoms with Crippen LogP contribution in [0.5, 0.6) is 11.5 Å². The summed E-state index contributed by atoms with van der Waals surface area (Å²) < 4.78 is 11.9. The molecule has 1 saturated heterocycles. The first kappa shape index (κ1) is 27.6. The third-order valence-electron chi connectivity index (χ3n) is 6.72. The van der Waals surface area contributed by atoms with Crippen molar-refractivity contribution in [3.05, 3.63) is 92.8 Å². The predicted molar refractivity (Wildman–Crippen MR) is 161 cm³/mol. The van der Waals surface area contributed by atoms with Gasteiger partial charge in [-0.2, -0.15) is 0 Å². The number of ether oxygens (including phenoxy) is 2. The van der Waals surface area contributed by atoms with Crippen molar-refractivity contribution >= 4 is 57.8 Å². The second-order valence-corrected chi connectivity index (χ2v) is 11.3. The van der Waals surface area contributed by atoms with Gasteiger partial charge in [0.2, 0.25) is 0 Å². The average Bonchev–Trinajstić information content (AvgIpc) is 3.24. The summed E-state index contributed by atoms with van der Waals surface area (Å²) in [5.41, 5.74) is 2.53. The van der Waals surface area contributed by atoms with Crippen LogP contribution in [0.25, 0.3) is 6.08 Å². The quantitative estimate of drug-likeness (QED) is 0.249. The Bertz CT molecular complexity index is 1390. The zero-order valence-corrected chi connectivity index (χ0v) is 24.1. The van der Waals surface area contributed by atoms with Gasteiger partial charge in [0.1, 0.15) is 6.61 Å². The number of para-hydroxylation sites is 1. The maximum atomic E-state index is 13.7. The summed E-state index contributed by atoms with van der Waals surface area (Å²) >= 11 is 13.8. The smallest absolute Gasteiger partial charge is 0.267 e. The highest BCUT2D eigenvalue weighted by Crippen LogP contribution is 2.39. The minimum absolute atomic E-state index is 0.0113. The topological polar surface area (TPSA) is 51.1 Å². The van der Waals surface area contributed by atoms with Gasteiger partial charge < -0.3 is 9.47 Å². The zero-order chi connectivity index (χ0) is 27.2. The van der Waals surface area contributed by atoms with E-state index in [9.17, 15) is 4.79 Å². The molecule has 2 fully saturated rings. The number of thioether (sulfide) groups is 1. The van der Waals surface area contributed by atoms with Crippen LogP contribution in [-0.2, 0) is 11.4 Å². The van der Waals surface area contributed by atoms with Crippen molar-refractivity contribution < 1.29 is 14.3 Å². The van der Waals surface area contributed by atoms with Crippen LogP contribution in [0.1, 0.15) is 50.2 Å². The fraction of sp³-hybridized carbons (Fsp3) is 0.290. The first-order chi connectivity index (χ1) is 19.0. The molecule has 39 heavy (non-hydrogen) atoms. The van der Waals surface area contributed by atoms with Gasteiger partial charge in [-0.15, -0.1) is 0 Å². The van der Waals surface area contributed by atoms with Crippen LogP contribution in [0.15, 0.2) is 76.6 Å². The molecule has 0 spiro atoms. The molecule has 3 aromatic carbocycles. The molecule has 202 valence electrons. The summed E-state index contributed by atoms with van der Waals surface area (Å²) in [7, 11) is 0. The molecule has 8 heteroatoms. The Labute approximate surface area is 243 Å². The number of amidine groups is 1. The highest BCUT2D eigenvalue weighted by molar-refractivity contribution is 8.18. The van der Waals surface area contributed by atoms with Gasteiger partial charge in [0, 0.05) is 21.7 Å². The first-order valence-electron chi connectivity index (χ1n) is 13.2. The second-order valence-electron chi connectivity index (χ2n) is 9.47. The summed E-state index contributed by atoms with van der Waals surface area (Å²) in [4.78, 5) is 21.1. The van der Waals surface area contributed by atoms with Gasteiger partial charge in [-0.1, -0.05) is 72.8 Å². The number of aliphatic imine (C=N–C) groups is 1. The minimum atomic E-state index is 0.0113. The highest BCUT2D eigenvalue weighted by atomic mass is 35.5. The van der Waals surface area contributed by atoms with Gasteiger partial charge in [0.25, 0.3) is 5.91 Å². The largest absolute Gasteiger partial charge is 0.490 e. The first-order valence-corrected chi connectivity index (χ1v) is 14.8. The molecule has 1 heterocycles. The van der Waals surface area contributed by atoms with Gasteiger partial charge >= 0.3 is 0 Å². The van der Waals surface area contributed by atoms with Crippen molar-refractivity contribution in [1.29, 1.82) is 0 Å². The number of halogens is 2. The molecule has 1 amide bonds. The van der Waals surface area contributed by atoms with Gasteiger partial charge in [0.15, 0.2) is 16.7 Å². The summed E-state index contributed by atoms with van der Waals surface area (Å²) in [6, 6.07) is 21.0. The van der Waals surface area contributed by atoms with Crippen LogP contribution in [0.4, 0.5) is 5.69 Å². The SMILES string of the molecule is CCOc1cc(/C=C2\SC(=Nc3ccccc3)N(C3CCCCC3)C2=O)ccc1OCc1ccc(Cl)cc1Cl. The van der Waals surface area contributed by atoms with Crippen LogP contribution < -0.4 is 9.47 Å².